The molecule has 2 atom stereocenters. The molecule has 0 radical (unpaired) electrons. The van der Waals surface area contributed by atoms with Gasteiger partial charge in [-0.25, -0.2) is 9.48 Å². The van der Waals surface area contributed by atoms with Crippen LogP contribution in [0.5, 0.6) is 5.75 Å². The number of nitrogens with one attached hydrogen (secondary N) is 2. The normalized spacial score (nSPS) is 19.0. The Balaban J connectivity index is 1.03. The van der Waals surface area contributed by atoms with Gasteiger partial charge >= 0.3 is 6.03 Å². The molecule has 1 aromatic heterocycles. The van der Waals surface area contributed by atoms with Gasteiger partial charge < -0.3 is 15.0 Å². The van der Waals surface area contributed by atoms with Gasteiger partial charge in [0.05, 0.1) is 11.4 Å². The lowest BCUT2D eigenvalue weighted by Gasteiger charge is -2.39. The Bertz CT molecular complexity index is 1720. The number of amides is 3. The van der Waals surface area contributed by atoms with Gasteiger partial charge in [0.1, 0.15) is 11.6 Å². The summed E-state index contributed by atoms with van der Waals surface area (Å²) in [4.78, 5) is 28.5. The molecule has 2 aliphatic heterocycles. The van der Waals surface area contributed by atoms with E-state index < -0.39 is 0 Å². The van der Waals surface area contributed by atoms with Crippen LogP contribution in [0.2, 0.25) is 0 Å². The molecule has 2 fully saturated rings. The van der Waals surface area contributed by atoms with Gasteiger partial charge in [-0.2, -0.15) is 5.10 Å². The van der Waals surface area contributed by atoms with E-state index in [1.54, 1.807) is 4.68 Å². The fourth-order valence-corrected chi connectivity index (χ4v) is 7.01. The average molecular weight is 634 g/mol. The standard InChI is InChI=1S/C39H47N5O3/c1-25-10-16-31(17-11-25)44-36(23-35(42-44)39(4,5)6)41-38(46)40-30-14-12-28(13-15-30)20-29-21-32-18-19-33(22-29)43(32)37(45)24-47-34-9-7-8-26(2)27(34)3/h7-17,23,29,32-33H,18-22,24H2,1-6H3,(H2,40,41,46). The lowest BCUT2D eigenvalue weighted by Crippen LogP contribution is -2.48. The third kappa shape index (κ3) is 7.37. The molecular formula is C39H47N5O3. The Labute approximate surface area is 278 Å². The Kier molecular flexibility index (Phi) is 9.13. The number of nitrogens with zero attached hydrogens (tertiary/aromatic N) is 3. The number of aromatic nitrogens is 2. The predicted octanol–water partition coefficient (Wildman–Crippen LogP) is 8.13. The van der Waals surface area contributed by atoms with E-state index in [9.17, 15) is 9.59 Å². The molecule has 0 saturated carbocycles. The van der Waals surface area contributed by atoms with Gasteiger partial charge in [-0.3, -0.25) is 10.1 Å². The van der Waals surface area contributed by atoms with Crippen LogP contribution in [0.1, 0.15) is 74.4 Å². The Morgan fingerprint density at radius 1 is 0.894 bits per heavy atom. The number of hydrogen-bond donors (Lipinski definition) is 2. The van der Waals surface area contributed by atoms with Gasteiger partial charge in [0, 0.05) is 29.3 Å². The Morgan fingerprint density at radius 2 is 1.57 bits per heavy atom. The molecule has 8 heteroatoms. The second-order valence-corrected chi connectivity index (χ2v) is 14.4. The van der Waals surface area contributed by atoms with E-state index in [1.165, 1.54) is 11.1 Å². The molecule has 2 unspecified atom stereocenters. The van der Waals surface area contributed by atoms with E-state index in [0.717, 1.165) is 66.0 Å². The van der Waals surface area contributed by atoms with Crippen molar-refractivity contribution in [1.29, 1.82) is 0 Å². The van der Waals surface area contributed by atoms with Gasteiger partial charge in [-0.15, -0.1) is 0 Å². The summed E-state index contributed by atoms with van der Waals surface area (Å²) in [5.41, 5.74) is 7.00. The summed E-state index contributed by atoms with van der Waals surface area (Å²) >= 11 is 0. The zero-order valence-corrected chi connectivity index (χ0v) is 28.5. The quantitative estimate of drug-likeness (QED) is 0.205. The summed E-state index contributed by atoms with van der Waals surface area (Å²) in [6.45, 7) is 12.6. The summed E-state index contributed by atoms with van der Waals surface area (Å²) < 4.78 is 7.75. The fourth-order valence-electron chi connectivity index (χ4n) is 7.01. The maximum absolute atomic E-state index is 13.2. The van der Waals surface area contributed by atoms with Crippen LogP contribution in [0.4, 0.5) is 16.3 Å². The molecule has 8 nitrogen and oxygen atoms in total. The number of carbonyl (C=O) groups excluding carboxylic acids is 2. The maximum Gasteiger partial charge on any atom is 0.324 e. The highest BCUT2D eigenvalue weighted by Crippen LogP contribution is 2.40. The molecule has 2 N–H and O–H groups in total. The van der Waals surface area contributed by atoms with Gasteiger partial charge in [0.15, 0.2) is 6.61 Å². The van der Waals surface area contributed by atoms with Crippen LogP contribution in [-0.4, -0.2) is 45.3 Å². The highest BCUT2D eigenvalue weighted by Gasteiger charge is 2.43. The number of hydrogen-bond acceptors (Lipinski definition) is 4. The van der Waals surface area contributed by atoms with E-state index in [0.29, 0.717) is 11.7 Å². The van der Waals surface area contributed by atoms with E-state index in [4.69, 9.17) is 9.84 Å². The van der Waals surface area contributed by atoms with Crippen LogP contribution in [0.15, 0.2) is 72.8 Å². The molecule has 2 aliphatic rings. The van der Waals surface area contributed by atoms with Crippen LogP contribution < -0.4 is 15.4 Å². The van der Waals surface area contributed by atoms with Crippen molar-refractivity contribution in [2.24, 2.45) is 5.92 Å². The molecule has 3 aromatic carbocycles. The molecule has 3 amide bonds. The van der Waals surface area contributed by atoms with Crippen LogP contribution in [0, 0.1) is 26.7 Å². The largest absolute Gasteiger partial charge is 0.483 e. The summed E-state index contributed by atoms with van der Waals surface area (Å²) in [5, 5.41) is 10.8. The summed E-state index contributed by atoms with van der Waals surface area (Å²) in [7, 11) is 0. The second kappa shape index (κ2) is 13.3. The summed E-state index contributed by atoms with van der Waals surface area (Å²) in [6.07, 6.45) is 5.12. The molecule has 6 rings (SSSR count). The van der Waals surface area contributed by atoms with Crippen molar-refractivity contribution in [2.75, 3.05) is 17.2 Å². The molecule has 3 heterocycles. The monoisotopic (exact) mass is 633 g/mol. The molecule has 4 aromatic rings. The van der Waals surface area contributed by atoms with Crippen molar-refractivity contribution in [2.45, 2.75) is 91.1 Å². The zero-order chi connectivity index (χ0) is 33.3. The third-order valence-corrected chi connectivity index (χ3v) is 9.76. The first-order valence-electron chi connectivity index (χ1n) is 16.8. The lowest BCUT2D eigenvalue weighted by molar-refractivity contribution is -0.138. The number of rotatable bonds is 8. The molecular weight excluding hydrogens is 586 g/mol. The first kappa shape index (κ1) is 32.4. The molecule has 246 valence electrons. The number of urea groups is 1. The van der Waals surface area contributed by atoms with Gasteiger partial charge in [0.2, 0.25) is 0 Å². The minimum Gasteiger partial charge on any atom is -0.483 e. The van der Waals surface area contributed by atoms with E-state index >= 15 is 0 Å². The van der Waals surface area contributed by atoms with E-state index in [1.807, 2.05) is 68.4 Å². The number of ether oxygens (including phenoxy) is 1. The SMILES string of the molecule is Cc1ccc(-n2nc(C(C)(C)C)cc2NC(=O)Nc2ccc(CC3CC4CCC(C3)N4C(=O)COc3cccc(C)c3C)cc2)cc1. The second-order valence-electron chi connectivity index (χ2n) is 14.4. The fraction of sp³-hybridized carbons (Fsp3) is 0.410. The van der Waals surface area contributed by atoms with Crippen LogP contribution in [-0.2, 0) is 16.6 Å². The Morgan fingerprint density at radius 3 is 2.23 bits per heavy atom. The Hall–Kier alpha value is -4.59. The lowest BCUT2D eigenvalue weighted by atomic mass is 9.85. The number of fused-ring (bicyclic) bond motifs is 2. The van der Waals surface area contributed by atoms with Crippen molar-refractivity contribution in [3.63, 3.8) is 0 Å². The van der Waals surface area contributed by atoms with Gasteiger partial charge in [-0.1, -0.05) is 62.7 Å². The molecule has 0 spiro atoms. The molecule has 0 aliphatic carbocycles. The van der Waals surface area contributed by atoms with E-state index in [-0.39, 0.29) is 36.0 Å². The topological polar surface area (TPSA) is 88.5 Å². The van der Waals surface area contributed by atoms with Gasteiger partial charge in [0.25, 0.3) is 5.91 Å². The van der Waals surface area contributed by atoms with Crippen molar-refractivity contribution in [1.82, 2.24) is 14.7 Å². The van der Waals surface area contributed by atoms with Gasteiger partial charge in [-0.05, 0) is 106 Å². The third-order valence-electron chi connectivity index (χ3n) is 9.76. The molecule has 47 heavy (non-hydrogen) atoms. The average Bonchev–Trinajstić information content (AvgIpc) is 3.57. The van der Waals surface area contributed by atoms with Crippen LogP contribution in [0.3, 0.4) is 0 Å². The first-order valence-corrected chi connectivity index (χ1v) is 16.8. The van der Waals surface area contributed by atoms with Crippen molar-refractivity contribution < 1.29 is 14.3 Å². The molecule has 2 bridgehead atoms. The van der Waals surface area contributed by atoms with Crippen molar-refractivity contribution >= 4 is 23.4 Å². The maximum atomic E-state index is 13.2. The highest BCUT2D eigenvalue weighted by atomic mass is 16.5. The highest BCUT2D eigenvalue weighted by molar-refractivity contribution is 5.99. The smallest absolute Gasteiger partial charge is 0.324 e. The number of anilines is 2. The minimum atomic E-state index is -0.318. The van der Waals surface area contributed by atoms with Crippen LogP contribution in [0.25, 0.3) is 5.69 Å². The first-order chi connectivity index (χ1) is 22.4. The number of aryl methyl sites for hydroxylation is 2. The number of carbonyl (C=O) groups is 2. The number of piperidine rings is 1. The van der Waals surface area contributed by atoms with E-state index in [2.05, 4.69) is 61.4 Å². The summed E-state index contributed by atoms with van der Waals surface area (Å²) in [6, 6.07) is 24.4. The molecule has 2 saturated heterocycles. The van der Waals surface area contributed by atoms with Crippen LogP contribution >= 0.6 is 0 Å². The predicted molar refractivity (Wildman–Crippen MR) is 188 cm³/mol. The summed E-state index contributed by atoms with van der Waals surface area (Å²) in [5.74, 6) is 2.03. The number of benzene rings is 3. The minimum absolute atomic E-state index is 0.0933. The zero-order valence-electron chi connectivity index (χ0n) is 28.5. The van der Waals surface area contributed by atoms with Crippen molar-refractivity contribution in [3.05, 3.63) is 101 Å². The van der Waals surface area contributed by atoms with Crippen molar-refractivity contribution in [3.8, 4) is 11.4 Å².